The number of methoxy groups -OCH3 is 1. The lowest BCUT2D eigenvalue weighted by molar-refractivity contribution is -0.133. The van der Waals surface area contributed by atoms with Crippen LogP contribution in [0.15, 0.2) is 41.2 Å². The van der Waals surface area contributed by atoms with E-state index in [9.17, 15) is 9.59 Å². The summed E-state index contributed by atoms with van der Waals surface area (Å²) in [6.45, 7) is 1.52. The molecule has 1 aromatic heterocycles. The summed E-state index contributed by atoms with van der Waals surface area (Å²) in [7, 11) is 1.60. The molecule has 0 N–H and O–H groups in total. The molecule has 0 aliphatic carbocycles. The third-order valence-electron chi connectivity index (χ3n) is 4.23. The van der Waals surface area contributed by atoms with Crippen molar-refractivity contribution in [3.05, 3.63) is 46.8 Å². The number of nitrogens with zero attached hydrogens (tertiary/aromatic N) is 3. The molecular formula is C18H21N3O3. The average molecular weight is 327 g/mol. The molecule has 0 atom stereocenters. The van der Waals surface area contributed by atoms with E-state index in [1.165, 1.54) is 10.7 Å². The molecule has 1 aromatic carbocycles. The minimum Gasteiger partial charge on any atom is -0.497 e. The van der Waals surface area contributed by atoms with E-state index in [0.29, 0.717) is 5.69 Å². The van der Waals surface area contributed by atoms with Gasteiger partial charge in [0.15, 0.2) is 0 Å². The molecule has 1 fully saturated rings. The van der Waals surface area contributed by atoms with E-state index in [1.807, 2.05) is 29.2 Å². The molecule has 0 bridgehead atoms. The summed E-state index contributed by atoms with van der Waals surface area (Å²) in [4.78, 5) is 26.2. The van der Waals surface area contributed by atoms with Crippen molar-refractivity contribution in [3.8, 4) is 17.0 Å². The maximum atomic E-state index is 12.4. The van der Waals surface area contributed by atoms with Crippen molar-refractivity contribution < 1.29 is 9.53 Å². The van der Waals surface area contributed by atoms with Crippen molar-refractivity contribution in [2.24, 2.45) is 0 Å². The molecule has 1 aliphatic rings. The van der Waals surface area contributed by atoms with Gasteiger partial charge in [-0.1, -0.05) is 12.1 Å². The van der Waals surface area contributed by atoms with Gasteiger partial charge in [-0.3, -0.25) is 9.59 Å². The first-order chi connectivity index (χ1) is 11.7. The first kappa shape index (κ1) is 16.2. The van der Waals surface area contributed by atoms with Crippen molar-refractivity contribution in [2.75, 3.05) is 20.2 Å². The third kappa shape index (κ3) is 3.64. The fourth-order valence-electron chi connectivity index (χ4n) is 2.87. The number of carbonyl (C=O) groups excluding carboxylic acids is 1. The van der Waals surface area contributed by atoms with Gasteiger partial charge in [-0.05, 0) is 37.5 Å². The molecule has 0 saturated carbocycles. The predicted octanol–water partition coefficient (Wildman–Crippen LogP) is 1.93. The Kier molecular flexibility index (Phi) is 4.93. The van der Waals surface area contributed by atoms with Crippen LogP contribution in [-0.2, 0) is 11.3 Å². The zero-order chi connectivity index (χ0) is 16.9. The number of aromatic nitrogens is 2. The highest BCUT2D eigenvalue weighted by atomic mass is 16.5. The Bertz CT molecular complexity index is 779. The Morgan fingerprint density at radius 2 is 1.96 bits per heavy atom. The van der Waals surface area contributed by atoms with E-state index in [4.69, 9.17) is 4.74 Å². The van der Waals surface area contributed by atoms with Gasteiger partial charge in [-0.15, -0.1) is 0 Å². The van der Waals surface area contributed by atoms with Gasteiger partial charge in [0.1, 0.15) is 12.3 Å². The lowest BCUT2D eigenvalue weighted by Gasteiger charge is -2.26. The number of carbonyl (C=O) groups is 1. The molecule has 0 radical (unpaired) electrons. The smallest absolute Gasteiger partial charge is 0.267 e. The molecule has 0 spiro atoms. The molecule has 1 aliphatic heterocycles. The quantitative estimate of drug-likeness (QED) is 0.861. The van der Waals surface area contributed by atoms with E-state index in [1.54, 1.807) is 13.2 Å². The second-order valence-corrected chi connectivity index (χ2v) is 5.89. The van der Waals surface area contributed by atoms with Crippen LogP contribution < -0.4 is 10.3 Å². The Labute approximate surface area is 140 Å². The van der Waals surface area contributed by atoms with Gasteiger partial charge in [-0.25, -0.2) is 4.68 Å². The number of hydrogen-bond acceptors (Lipinski definition) is 4. The topological polar surface area (TPSA) is 64.4 Å². The van der Waals surface area contributed by atoms with Gasteiger partial charge in [0.05, 0.1) is 12.8 Å². The largest absolute Gasteiger partial charge is 0.497 e. The van der Waals surface area contributed by atoms with Crippen molar-refractivity contribution in [1.29, 1.82) is 0 Å². The Morgan fingerprint density at radius 1 is 1.17 bits per heavy atom. The van der Waals surface area contributed by atoms with Crippen molar-refractivity contribution in [3.63, 3.8) is 0 Å². The summed E-state index contributed by atoms with van der Waals surface area (Å²) in [5.41, 5.74) is 1.21. The summed E-state index contributed by atoms with van der Waals surface area (Å²) in [5, 5.41) is 4.35. The normalized spacial score (nSPS) is 14.5. The zero-order valence-electron chi connectivity index (χ0n) is 13.8. The highest BCUT2D eigenvalue weighted by molar-refractivity contribution is 5.76. The summed E-state index contributed by atoms with van der Waals surface area (Å²) < 4.78 is 6.46. The standard InChI is InChI=1S/C18H21N3O3/c1-24-15-7-5-6-14(12-15)16-8-9-17(22)21(19-16)13-18(23)20-10-3-2-4-11-20/h5-9,12H,2-4,10-11,13H2,1H3. The fourth-order valence-corrected chi connectivity index (χ4v) is 2.87. The zero-order valence-corrected chi connectivity index (χ0v) is 13.8. The van der Waals surface area contributed by atoms with Crippen molar-refractivity contribution in [2.45, 2.75) is 25.8 Å². The number of piperidine rings is 1. The molecule has 2 heterocycles. The molecule has 3 rings (SSSR count). The van der Waals surface area contributed by atoms with E-state index in [2.05, 4.69) is 5.10 Å². The van der Waals surface area contributed by atoms with Crippen LogP contribution >= 0.6 is 0 Å². The van der Waals surface area contributed by atoms with Crippen LogP contribution in [0.1, 0.15) is 19.3 Å². The van der Waals surface area contributed by atoms with Gasteiger partial charge in [0.2, 0.25) is 5.91 Å². The molecule has 1 saturated heterocycles. The predicted molar refractivity (Wildman–Crippen MR) is 90.9 cm³/mol. The maximum Gasteiger partial charge on any atom is 0.267 e. The molecule has 1 amide bonds. The first-order valence-electron chi connectivity index (χ1n) is 8.18. The first-order valence-corrected chi connectivity index (χ1v) is 8.18. The van der Waals surface area contributed by atoms with E-state index >= 15 is 0 Å². The molecule has 24 heavy (non-hydrogen) atoms. The van der Waals surface area contributed by atoms with Crippen molar-refractivity contribution >= 4 is 5.91 Å². The third-order valence-corrected chi connectivity index (χ3v) is 4.23. The van der Waals surface area contributed by atoms with Gasteiger partial charge in [0, 0.05) is 24.7 Å². The SMILES string of the molecule is COc1cccc(-c2ccc(=O)n(CC(=O)N3CCCCC3)n2)c1. The summed E-state index contributed by atoms with van der Waals surface area (Å²) in [5.74, 6) is 0.670. The maximum absolute atomic E-state index is 12.4. The minimum absolute atomic E-state index is 0.0172. The molecule has 6 heteroatoms. The Balaban J connectivity index is 1.83. The van der Waals surface area contributed by atoms with Gasteiger partial charge < -0.3 is 9.64 Å². The Hall–Kier alpha value is -2.63. The monoisotopic (exact) mass is 327 g/mol. The van der Waals surface area contributed by atoms with Crippen molar-refractivity contribution in [1.82, 2.24) is 14.7 Å². The molecule has 126 valence electrons. The van der Waals surface area contributed by atoms with Gasteiger partial charge in [-0.2, -0.15) is 5.10 Å². The van der Waals surface area contributed by atoms with Crippen LogP contribution in [-0.4, -0.2) is 40.8 Å². The van der Waals surface area contributed by atoms with Crippen LogP contribution in [0.25, 0.3) is 11.3 Å². The summed E-state index contributed by atoms with van der Waals surface area (Å²) >= 11 is 0. The fraction of sp³-hybridized carbons (Fsp3) is 0.389. The molecule has 6 nitrogen and oxygen atoms in total. The second kappa shape index (κ2) is 7.29. The van der Waals surface area contributed by atoms with Crippen LogP contribution in [0.5, 0.6) is 5.75 Å². The van der Waals surface area contributed by atoms with E-state index in [0.717, 1.165) is 43.7 Å². The number of benzene rings is 1. The van der Waals surface area contributed by atoms with Crippen LogP contribution in [0.2, 0.25) is 0 Å². The number of amides is 1. The Morgan fingerprint density at radius 3 is 2.71 bits per heavy atom. The lowest BCUT2D eigenvalue weighted by Crippen LogP contribution is -2.40. The average Bonchev–Trinajstić information content (AvgIpc) is 2.64. The van der Waals surface area contributed by atoms with Crippen LogP contribution in [0.4, 0.5) is 0 Å². The van der Waals surface area contributed by atoms with Crippen LogP contribution in [0, 0.1) is 0 Å². The van der Waals surface area contributed by atoms with E-state index in [-0.39, 0.29) is 18.0 Å². The second-order valence-electron chi connectivity index (χ2n) is 5.89. The van der Waals surface area contributed by atoms with Gasteiger partial charge >= 0.3 is 0 Å². The number of ether oxygens (including phenoxy) is 1. The number of rotatable bonds is 4. The minimum atomic E-state index is -0.271. The summed E-state index contributed by atoms with van der Waals surface area (Å²) in [6, 6.07) is 10.6. The molecule has 0 unspecified atom stereocenters. The highest BCUT2D eigenvalue weighted by Gasteiger charge is 2.17. The van der Waals surface area contributed by atoms with E-state index < -0.39 is 0 Å². The molecule has 2 aromatic rings. The highest BCUT2D eigenvalue weighted by Crippen LogP contribution is 2.21. The number of hydrogen-bond donors (Lipinski definition) is 0. The van der Waals surface area contributed by atoms with Gasteiger partial charge in [0.25, 0.3) is 5.56 Å². The van der Waals surface area contributed by atoms with Crippen LogP contribution in [0.3, 0.4) is 0 Å². The lowest BCUT2D eigenvalue weighted by atomic mass is 10.1. The molecular weight excluding hydrogens is 306 g/mol. The number of likely N-dealkylation sites (tertiary alicyclic amines) is 1. The summed E-state index contributed by atoms with van der Waals surface area (Å²) in [6.07, 6.45) is 3.21.